The van der Waals surface area contributed by atoms with Gasteiger partial charge in [-0.1, -0.05) is 0 Å². The normalized spacial score (nSPS) is 29.2. The number of nitrogens with zero attached hydrogens (tertiary/aromatic N) is 6. The lowest BCUT2D eigenvalue weighted by Gasteiger charge is -2.30. The van der Waals surface area contributed by atoms with Gasteiger partial charge in [-0.05, 0) is 6.07 Å². The van der Waals surface area contributed by atoms with Crippen molar-refractivity contribution < 1.29 is 47.0 Å². The van der Waals surface area contributed by atoms with Gasteiger partial charge in [-0.2, -0.15) is 4.98 Å². The van der Waals surface area contributed by atoms with Gasteiger partial charge in [-0.25, -0.2) is 19.7 Å². The van der Waals surface area contributed by atoms with Gasteiger partial charge in [0.2, 0.25) is 5.91 Å². The number of phosphoric ester groups is 1. The van der Waals surface area contributed by atoms with Crippen LogP contribution in [0.15, 0.2) is 29.7 Å². The number of amides is 1. The Bertz CT molecular complexity index is 1640. The predicted octanol–water partition coefficient (Wildman–Crippen LogP) is -1.66. The van der Waals surface area contributed by atoms with Crippen LogP contribution in [-0.4, -0.2) is 107 Å². The van der Waals surface area contributed by atoms with Crippen LogP contribution in [-0.2, 0) is 42.1 Å². The number of nitrogens with two attached hydrogens (primary N) is 2. The molecule has 5 rings (SSSR count). The first-order valence-electron chi connectivity index (χ1n) is 14.0. The molecular formula is C25H35N9O11P-. The molecule has 20 nitrogen and oxygen atoms in total. The van der Waals surface area contributed by atoms with Crippen molar-refractivity contribution in [3.05, 3.63) is 35.4 Å². The van der Waals surface area contributed by atoms with E-state index in [4.69, 9.17) is 39.7 Å². The zero-order valence-electron chi connectivity index (χ0n) is 25.3. The molecular weight excluding hydrogens is 633 g/mol. The van der Waals surface area contributed by atoms with Gasteiger partial charge < -0.3 is 54.4 Å². The quantitative estimate of drug-likeness (QED) is 0.172. The fourth-order valence-electron chi connectivity index (χ4n) is 5.71. The number of ether oxygens (including phenoxy) is 5. The van der Waals surface area contributed by atoms with Gasteiger partial charge in [0.1, 0.15) is 42.1 Å². The van der Waals surface area contributed by atoms with Gasteiger partial charge >= 0.3 is 5.69 Å². The second kappa shape index (κ2) is 14.0. The Hall–Kier alpha value is -3.59. The van der Waals surface area contributed by atoms with Crippen LogP contribution in [0, 0.1) is 5.92 Å². The zero-order chi connectivity index (χ0) is 33.2. The van der Waals surface area contributed by atoms with Crippen molar-refractivity contribution in [3.8, 4) is 0 Å². The minimum atomic E-state index is -4.79. The Morgan fingerprint density at radius 2 is 1.76 bits per heavy atom. The first-order valence-corrected chi connectivity index (χ1v) is 15.4. The number of hydrogen-bond donors (Lipinski definition) is 3. The van der Waals surface area contributed by atoms with Crippen molar-refractivity contribution in [2.75, 3.05) is 53.1 Å². The lowest BCUT2D eigenvalue weighted by molar-refractivity contribution is -0.231. The van der Waals surface area contributed by atoms with Crippen molar-refractivity contribution >= 4 is 36.5 Å². The van der Waals surface area contributed by atoms with Crippen molar-refractivity contribution in [1.82, 2.24) is 34.4 Å². The molecule has 2 fully saturated rings. The van der Waals surface area contributed by atoms with Crippen LogP contribution in [0.3, 0.4) is 0 Å². The van der Waals surface area contributed by atoms with E-state index in [1.165, 1.54) is 55.4 Å². The molecule has 0 aliphatic carbocycles. The van der Waals surface area contributed by atoms with Crippen molar-refractivity contribution in [2.45, 2.75) is 49.4 Å². The maximum absolute atomic E-state index is 13.4. The number of nitrogens with one attached hydrogen (secondary N) is 1. The summed E-state index contributed by atoms with van der Waals surface area (Å²) < 4.78 is 53.9. The number of carbonyl (C=O) groups excluding carboxylic acids is 1. The van der Waals surface area contributed by atoms with Crippen LogP contribution >= 0.6 is 7.82 Å². The molecule has 0 aromatic carbocycles. The number of nitrogen functional groups attached to an aromatic ring is 2. The van der Waals surface area contributed by atoms with E-state index in [1.54, 1.807) is 0 Å². The second-order valence-electron chi connectivity index (χ2n) is 10.5. The fourth-order valence-corrected chi connectivity index (χ4v) is 6.35. The number of imidazole rings is 1. The predicted molar refractivity (Wildman–Crippen MR) is 155 cm³/mol. The Balaban J connectivity index is 1.34. The third-order valence-electron chi connectivity index (χ3n) is 7.84. The highest BCUT2D eigenvalue weighted by Gasteiger charge is 2.50. The van der Waals surface area contributed by atoms with E-state index in [0.29, 0.717) is 11.2 Å². The van der Waals surface area contributed by atoms with E-state index >= 15 is 0 Å². The average molecular weight is 669 g/mol. The molecule has 9 atom stereocenters. The molecule has 21 heteroatoms. The number of methoxy groups -OCH3 is 3. The molecule has 0 saturated carbocycles. The van der Waals surface area contributed by atoms with E-state index in [9.17, 15) is 19.0 Å². The van der Waals surface area contributed by atoms with Crippen LogP contribution in [0.4, 0.5) is 11.6 Å². The highest BCUT2D eigenvalue weighted by Crippen LogP contribution is 2.45. The molecule has 0 radical (unpaired) electrons. The molecule has 3 aromatic heterocycles. The summed E-state index contributed by atoms with van der Waals surface area (Å²) in [5.74, 6) is -0.837. The van der Waals surface area contributed by atoms with Crippen molar-refractivity contribution in [2.24, 2.45) is 5.92 Å². The monoisotopic (exact) mass is 668 g/mol. The number of rotatable bonds is 13. The average Bonchev–Trinajstić information content (AvgIpc) is 3.70. The van der Waals surface area contributed by atoms with Crippen LogP contribution in [0.25, 0.3) is 11.2 Å². The maximum atomic E-state index is 13.4. The van der Waals surface area contributed by atoms with Crippen LogP contribution in [0.5, 0.6) is 0 Å². The minimum Gasteiger partial charge on any atom is -0.756 e. The standard InChI is InChI=1S/C25H36N9O11P/c1-39-9-14-12(18(40-2)23(44-14)33-6-5-15(26)32-25(33)36)7-16(35)28-8-13-19(45-46(37,38)42-4)20(41-3)24(43-13)34-11-31-17-21(27)29-10-30-22(17)34/h5-6,10-14,18-20,23-24H,7-9H2,1-4H3,(H,28,35)(H,37,38)(H2,26,32,36)(H2,27,29,30)/p-1/t12-,13-,14-,18-,19-,20-,23-,24-/m1/s1. The summed E-state index contributed by atoms with van der Waals surface area (Å²) in [6, 6.07) is 1.45. The zero-order valence-corrected chi connectivity index (χ0v) is 26.2. The van der Waals surface area contributed by atoms with Gasteiger partial charge in [-0.15, -0.1) is 0 Å². The van der Waals surface area contributed by atoms with Gasteiger partial charge in [-0.3, -0.25) is 18.5 Å². The van der Waals surface area contributed by atoms with Crippen LogP contribution in [0.1, 0.15) is 18.9 Å². The van der Waals surface area contributed by atoms with E-state index in [1.807, 2.05) is 0 Å². The topological polar surface area (TPSA) is 264 Å². The first kappa shape index (κ1) is 33.8. The molecule has 252 valence electrons. The number of fused-ring (bicyclic) bond motifs is 1. The van der Waals surface area contributed by atoms with E-state index in [0.717, 1.165) is 7.11 Å². The van der Waals surface area contributed by atoms with Crippen molar-refractivity contribution in [1.29, 1.82) is 0 Å². The molecule has 0 bridgehead atoms. The Kier molecular flexibility index (Phi) is 10.3. The summed E-state index contributed by atoms with van der Waals surface area (Å²) in [7, 11) is 0.425. The molecule has 1 unspecified atom stereocenters. The SMILES string of the molecule is COC[C@H]1O[C@@H](n2ccc(N)nc2=O)[C@H](OC)[C@@H]1CC(=O)NC[C@H]1O[C@@H](n2cnc3c(N)ncnc32)[C@H](OC)[C@@H]1OP(=O)([O-])OC. The molecule has 0 spiro atoms. The molecule has 5 N–H and O–H groups in total. The van der Waals surface area contributed by atoms with Gasteiger partial charge in [0, 0.05) is 53.5 Å². The molecule has 5 heterocycles. The maximum Gasteiger partial charge on any atom is 0.351 e. The molecule has 1 amide bonds. The summed E-state index contributed by atoms with van der Waals surface area (Å²) in [5.41, 5.74) is 11.5. The van der Waals surface area contributed by atoms with Gasteiger partial charge in [0.25, 0.3) is 7.82 Å². The highest BCUT2D eigenvalue weighted by molar-refractivity contribution is 7.45. The second-order valence-corrected chi connectivity index (χ2v) is 12.0. The number of hydrogen-bond acceptors (Lipinski definition) is 17. The lowest BCUT2D eigenvalue weighted by Crippen LogP contribution is -2.43. The van der Waals surface area contributed by atoms with Crippen LogP contribution in [0.2, 0.25) is 0 Å². The van der Waals surface area contributed by atoms with Crippen molar-refractivity contribution in [3.63, 3.8) is 0 Å². The Morgan fingerprint density at radius 3 is 2.43 bits per heavy atom. The molecule has 2 aliphatic rings. The third kappa shape index (κ3) is 6.75. The Morgan fingerprint density at radius 1 is 1.04 bits per heavy atom. The summed E-state index contributed by atoms with van der Waals surface area (Å²) in [4.78, 5) is 54.4. The lowest BCUT2D eigenvalue weighted by atomic mass is 9.93. The number of carbonyl (C=O) groups is 1. The van der Waals surface area contributed by atoms with E-state index in [2.05, 4.69) is 29.8 Å². The summed E-state index contributed by atoms with van der Waals surface area (Å²) >= 11 is 0. The summed E-state index contributed by atoms with van der Waals surface area (Å²) in [6.07, 6.45) is -2.64. The minimum absolute atomic E-state index is 0.0457. The summed E-state index contributed by atoms with van der Waals surface area (Å²) in [6.45, 7) is -0.0920. The number of anilines is 2. The van der Waals surface area contributed by atoms with Gasteiger partial charge in [0.15, 0.2) is 23.9 Å². The molecule has 2 saturated heterocycles. The number of aromatic nitrogens is 6. The Labute approximate surface area is 261 Å². The smallest absolute Gasteiger partial charge is 0.351 e. The number of phosphoric acid groups is 1. The summed E-state index contributed by atoms with van der Waals surface area (Å²) in [5, 5.41) is 2.77. The third-order valence-corrected chi connectivity index (χ3v) is 8.79. The van der Waals surface area contributed by atoms with Crippen LogP contribution < -0.4 is 27.4 Å². The fraction of sp³-hybridized carbons (Fsp3) is 0.600. The first-order chi connectivity index (χ1) is 22.0. The highest BCUT2D eigenvalue weighted by atomic mass is 31.2. The van der Waals surface area contributed by atoms with Gasteiger partial charge in [0.05, 0.1) is 19.0 Å². The molecule has 2 aliphatic heterocycles. The van der Waals surface area contributed by atoms with E-state index < -0.39 is 68.3 Å². The van der Waals surface area contributed by atoms with E-state index in [-0.39, 0.29) is 31.2 Å². The molecule has 46 heavy (non-hydrogen) atoms. The largest absolute Gasteiger partial charge is 0.756 e. The molecule has 3 aromatic rings.